The second-order valence-corrected chi connectivity index (χ2v) is 6.27. The molecule has 112 valence electrons. The van der Waals surface area contributed by atoms with Gasteiger partial charge in [-0.2, -0.15) is 0 Å². The molecule has 2 aromatic rings. The van der Waals surface area contributed by atoms with Gasteiger partial charge in [-0.3, -0.25) is 4.98 Å². The summed E-state index contributed by atoms with van der Waals surface area (Å²) in [5.41, 5.74) is 1.57. The lowest BCUT2D eigenvalue weighted by Crippen LogP contribution is -2.17. The molecule has 1 fully saturated rings. The van der Waals surface area contributed by atoms with E-state index in [1.807, 2.05) is 67.3 Å². The molecule has 0 saturated carbocycles. The van der Waals surface area contributed by atoms with Crippen LogP contribution >= 0.6 is 0 Å². The van der Waals surface area contributed by atoms with Crippen molar-refractivity contribution >= 4 is 11.6 Å². The van der Waals surface area contributed by atoms with E-state index in [2.05, 4.69) is 9.98 Å². The van der Waals surface area contributed by atoms with Crippen LogP contribution in [-0.4, -0.2) is 29.0 Å². The number of rotatable bonds is 3. The minimum Gasteiger partial charge on any atom is -0.477 e. The second kappa shape index (κ2) is 4.83. The van der Waals surface area contributed by atoms with Crippen LogP contribution in [0.25, 0.3) is 0 Å². The topological polar surface area (TPSA) is 37.5 Å². The molecule has 2 aliphatic rings. The van der Waals surface area contributed by atoms with Crippen molar-refractivity contribution in [2.75, 3.05) is 11.5 Å². The van der Waals surface area contributed by atoms with Gasteiger partial charge in [0, 0.05) is 11.9 Å². The monoisotopic (exact) mass is 294 g/mol. The van der Waals surface area contributed by atoms with E-state index in [4.69, 9.17) is 6.11 Å². The summed E-state index contributed by atoms with van der Waals surface area (Å²) in [7, 11) is 0. The highest BCUT2D eigenvalue weighted by molar-refractivity contribution is 5.94. The summed E-state index contributed by atoms with van der Waals surface area (Å²) in [4.78, 5) is 11.1. The fraction of sp³-hybridized carbons (Fsp3) is 0.333. The Balaban J connectivity index is 1.77. The van der Waals surface area contributed by atoms with Crippen molar-refractivity contribution in [2.24, 2.45) is 4.99 Å². The predicted octanol–water partition coefficient (Wildman–Crippen LogP) is 3.22. The van der Waals surface area contributed by atoms with Gasteiger partial charge >= 0.3 is 0 Å². The highest BCUT2D eigenvalue weighted by Gasteiger charge is 2.55. The Kier molecular flexibility index (Phi) is 2.68. The van der Waals surface area contributed by atoms with Gasteiger partial charge in [0.05, 0.1) is 12.6 Å². The van der Waals surface area contributed by atoms with Gasteiger partial charge in [-0.25, -0.2) is 4.99 Å². The van der Waals surface area contributed by atoms with E-state index < -0.39 is 6.02 Å². The standard InChI is InChI=1S/C18H19N3O/c1-18(2)12-22-17(20-18)16-15(14-10-6-7-11-19-14)21(16)13-8-4-3-5-9-13/h3-11,15-16H,12H2,1-2H3/t15-,16-,21?/m1/s1/i16D. The molecule has 1 aromatic heterocycles. The summed E-state index contributed by atoms with van der Waals surface area (Å²) in [6.45, 7) is 4.56. The first-order valence-electron chi connectivity index (χ1n) is 8.01. The van der Waals surface area contributed by atoms with Crippen molar-refractivity contribution in [1.29, 1.82) is 0 Å². The van der Waals surface area contributed by atoms with E-state index in [1.54, 1.807) is 6.20 Å². The molecule has 0 spiro atoms. The zero-order valence-corrected chi connectivity index (χ0v) is 12.7. The lowest BCUT2D eigenvalue weighted by molar-refractivity contribution is 0.275. The maximum atomic E-state index is 9.04. The molecule has 0 unspecified atom stereocenters. The SMILES string of the molecule is [2H][C@]1(C2=NC(C)(C)CO2)[C@@H](c2ccccn2)N1c1ccccc1. The third-order valence-electron chi connectivity index (χ3n) is 3.90. The first kappa shape index (κ1) is 12.2. The van der Waals surface area contributed by atoms with Gasteiger partial charge in [0.1, 0.15) is 18.7 Å². The van der Waals surface area contributed by atoms with Crippen LogP contribution in [0.5, 0.6) is 0 Å². The van der Waals surface area contributed by atoms with Gasteiger partial charge in [0.2, 0.25) is 5.90 Å². The highest BCUT2D eigenvalue weighted by Crippen LogP contribution is 2.48. The minimum atomic E-state index is -1.02. The van der Waals surface area contributed by atoms with Crippen LogP contribution in [0.3, 0.4) is 0 Å². The van der Waals surface area contributed by atoms with Crippen molar-refractivity contribution in [3.8, 4) is 0 Å². The summed E-state index contributed by atoms with van der Waals surface area (Å²) in [5.74, 6) is 0.488. The average Bonchev–Trinajstić information content (AvgIpc) is 3.03. The van der Waals surface area contributed by atoms with Gasteiger partial charge in [-0.15, -0.1) is 0 Å². The summed E-state index contributed by atoms with van der Waals surface area (Å²) >= 11 is 0. The first-order chi connectivity index (χ1) is 11.0. The molecular formula is C18H19N3O. The van der Waals surface area contributed by atoms with Gasteiger partial charge in [-0.1, -0.05) is 24.3 Å². The molecule has 4 nitrogen and oxygen atoms in total. The van der Waals surface area contributed by atoms with Crippen LogP contribution in [-0.2, 0) is 4.74 Å². The zero-order chi connectivity index (χ0) is 16.1. The lowest BCUT2D eigenvalue weighted by Gasteiger charge is -2.07. The molecule has 0 aliphatic carbocycles. The molecule has 1 saturated heterocycles. The van der Waals surface area contributed by atoms with Crippen LogP contribution in [0.2, 0.25) is 0 Å². The number of ether oxygens (including phenoxy) is 1. The van der Waals surface area contributed by atoms with E-state index in [1.165, 1.54) is 0 Å². The molecule has 0 bridgehead atoms. The van der Waals surface area contributed by atoms with Gasteiger partial charge in [0.25, 0.3) is 0 Å². The molecule has 0 radical (unpaired) electrons. The molecular weight excluding hydrogens is 274 g/mol. The zero-order valence-electron chi connectivity index (χ0n) is 13.7. The number of hydrogen-bond acceptors (Lipinski definition) is 4. The van der Waals surface area contributed by atoms with E-state index in [-0.39, 0.29) is 11.6 Å². The Morgan fingerprint density at radius 1 is 1.18 bits per heavy atom. The van der Waals surface area contributed by atoms with Crippen LogP contribution < -0.4 is 4.90 Å². The fourth-order valence-corrected chi connectivity index (χ4v) is 2.82. The van der Waals surface area contributed by atoms with Crippen LogP contribution in [0.1, 0.15) is 27.0 Å². The smallest absolute Gasteiger partial charge is 0.210 e. The number of anilines is 1. The molecule has 0 amide bonds. The van der Waals surface area contributed by atoms with Crippen molar-refractivity contribution in [1.82, 2.24) is 4.98 Å². The van der Waals surface area contributed by atoms with Crippen molar-refractivity contribution < 1.29 is 6.11 Å². The molecule has 4 heteroatoms. The summed E-state index contributed by atoms with van der Waals surface area (Å²) in [5, 5.41) is 0. The van der Waals surface area contributed by atoms with Gasteiger partial charge in [-0.05, 0) is 38.1 Å². The number of benzene rings is 1. The Morgan fingerprint density at radius 3 is 2.59 bits per heavy atom. The van der Waals surface area contributed by atoms with Crippen molar-refractivity contribution in [2.45, 2.75) is 31.4 Å². The molecule has 1 aromatic carbocycles. The van der Waals surface area contributed by atoms with Crippen molar-refractivity contribution in [3.05, 3.63) is 60.4 Å². The van der Waals surface area contributed by atoms with Crippen LogP contribution in [0, 0.1) is 0 Å². The Morgan fingerprint density at radius 2 is 1.95 bits per heavy atom. The molecule has 3 heterocycles. The maximum Gasteiger partial charge on any atom is 0.210 e. The fourth-order valence-electron chi connectivity index (χ4n) is 2.82. The second-order valence-electron chi connectivity index (χ2n) is 6.27. The predicted molar refractivity (Wildman–Crippen MR) is 87.2 cm³/mol. The summed E-state index contributed by atoms with van der Waals surface area (Å²) < 4.78 is 14.8. The summed E-state index contributed by atoms with van der Waals surface area (Å²) in [6, 6.07) is 14.5. The number of para-hydroxylation sites is 1. The quantitative estimate of drug-likeness (QED) is 0.816. The van der Waals surface area contributed by atoms with E-state index in [0.717, 1.165) is 11.4 Å². The largest absolute Gasteiger partial charge is 0.477 e. The highest BCUT2D eigenvalue weighted by atomic mass is 16.5. The number of hydrogen-bond donors (Lipinski definition) is 0. The number of aromatic nitrogens is 1. The Bertz CT molecular complexity index is 700. The number of aliphatic imine (C=N–C) groups is 1. The molecule has 2 aliphatic heterocycles. The average molecular weight is 294 g/mol. The molecule has 2 atom stereocenters. The molecule has 22 heavy (non-hydrogen) atoms. The Labute approximate surface area is 131 Å². The maximum absolute atomic E-state index is 9.04. The lowest BCUT2D eigenvalue weighted by atomic mass is 10.1. The number of nitrogens with zero attached hydrogens (tertiary/aromatic N) is 3. The third-order valence-corrected chi connectivity index (χ3v) is 3.90. The summed E-state index contributed by atoms with van der Waals surface area (Å²) in [6.07, 6.45) is 1.76. The minimum absolute atomic E-state index is 0.182. The van der Waals surface area contributed by atoms with Gasteiger partial charge < -0.3 is 9.64 Å². The van der Waals surface area contributed by atoms with E-state index in [0.29, 0.717) is 12.5 Å². The van der Waals surface area contributed by atoms with E-state index in [9.17, 15) is 0 Å². The van der Waals surface area contributed by atoms with Gasteiger partial charge in [0.15, 0.2) is 0 Å². The Hall–Kier alpha value is -2.36. The normalized spacial score (nSPS) is 29.5. The van der Waals surface area contributed by atoms with Crippen LogP contribution in [0.15, 0.2) is 59.7 Å². The molecule has 0 N–H and O–H groups in total. The number of pyridine rings is 1. The molecule has 4 rings (SSSR count). The first-order valence-corrected chi connectivity index (χ1v) is 7.51. The van der Waals surface area contributed by atoms with E-state index >= 15 is 0 Å². The van der Waals surface area contributed by atoms with Crippen LogP contribution in [0.4, 0.5) is 5.69 Å². The third kappa shape index (κ3) is 2.25. The van der Waals surface area contributed by atoms with Crippen molar-refractivity contribution in [3.63, 3.8) is 0 Å².